The number of hydrogen-bond acceptors (Lipinski definition) is 10. The molecule has 10 rings (SSSR count). The molecule has 0 spiro atoms. The first-order valence-corrected chi connectivity index (χ1v) is 23.9. The summed E-state index contributed by atoms with van der Waals surface area (Å²) in [5.41, 5.74) is 8.07. The Kier molecular flexibility index (Phi) is 12.2. The molecule has 2 N–H and O–H groups in total. The number of halogens is 2. The Morgan fingerprint density at radius 2 is 1.66 bits per heavy atom. The molecule has 4 aliphatic heterocycles. The molecule has 0 bridgehead atoms. The summed E-state index contributed by atoms with van der Waals surface area (Å²) in [5.74, 6) is -2.45. The van der Waals surface area contributed by atoms with Crippen molar-refractivity contribution >= 4 is 35.3 Å². The third kappa shape index (κ3) is 8.42. The SMILES string of the molecule is CC(=O)N1CCc2c(c(C3CCCc4cc(-c5cnn(C6CCC(C(=O)CNCc7cc8c(cc7C)C(=O)N(C7CCC(=O)NC7=O)C8=O)CC6)c5)c(C(F)F)cc43)nn2C2CCOCC2)C1. The first-order chi connectivity index (χ1) is 32.3. The molecule has 15 nitrogen and oxygen atoms in total. The zero-order valence-corrected chi connectivity index (χ0v) is 38.0. The van der Waals surface area contributed by atoms with Crippen molar-refractivity contribution in [3.8, 4) is 11.1 Å². The molecular formula is C50H56F2N8O7. The Morgan fingerprint density at radius 3 is 2.39 bits per heavy atom. The summed E-state index contributed by atoms with van der Waals surface area (Å²) in [6.45, 7) is 6.29. The van der Waals surface area contributed by atoms with Gasteiger partial charge in [0.25, 0.3) is 18.2 Å². The fourth-order valence-corrected chi connectivity index (χ4v) is 11.5. The molecule has 5 amide bonds. The number of rotatable bonds is 11. The summed E-state index contributed by atoms with van der Waals surface area (Å²) in [5, 5.41) is 15.4. The van der Waals surface area contributed by atoms with Crippen molar-refractivity contribution in [2.75, 3.05) is 26.3 Å². The third-order valence-corrected chi connectivity index (χ3v) is 15.2. The lowest BCUT2D eigenvalue weighted by Gasteiger charge is -2.30. The minimum atomic E-state index is -2.71. The number of imide groups is 2. The van der Waals surface area contributed by atoms with Crippen LogP contribution in [0.25, 0.3) is 11.1 Å². The fraction of sp³-hybridized carbons (Fsp3) is 0.520. The van der Waals surface area contributed by atoms with Crippen molar-refractivity contribution in [3.05, 3.63) is 92.6 Å². The molecule has 17 heteroatoms. The summed E-state index contributed by atoms with van der Waals surface area (Å²) in [7, 11) is 0. The number of amides is 5. The zero-order chi connectivity index (χ0) is 46.7. The number of nitrogens with one attached hydrogen (secondary N) is 2. The Balaban J connectivity index is 0.790. The second-order valence-electron chi connectivity index (χ2n) is 19.2. The standard InChI is InChI=1S/C50H56F2N8O7/c1-27-18-39-40(50(66)59(49(39)65)43-10-11-45(63)55-48(43)64)20-31(27)22-53-24-44(62)29-6-8-33(9-7-29)58-25-32(23-54-58)36-19-30-4-3-5-35(37(30)21-38(36)47(51)52)46-41-26-57(28(2)61)15-12-42(41)60(56-46)34-13-16-67-17-14-34/h18-21,23,25,29,33-35,43,47,53H,3-17,22,24,26H2,1-2H3,(H,55,63,64). The van der Waals surface area contributed by atoms with Crippen molar-refractivity contribution in [3.63, 3.8) is 0 Å². The third-order valence-electron chi connectivity index (χ3n) is 15.2. The summed E-state index contributed by atoms with van der Waals surface area (Å²) in [6.07, 6.45) is 8.57. The lowest BCUT2D eigenvalue weighted by atomic mass is 9.77. The molecule has 2 saturated heterocycles. The average Bonchev–Trinajstić information content (AvgIpc) is 4.03. The molecule has 2 unspecified atom stereocenters. The quantitative estimate of drug-likeness (QED) is 0.165. The second-order valence-corrected chi connectivity index (χ2v) is 19.2. The Hall–Kier alpha value is -5.94. The van der Waals surface area contributed by atoms with Crippen LogP contribution in [0.15, 0.2) is 36.7 Å². The number of alkyl halides is 2. The summed E-state index contributed by atoms with van der Waals surface area (Å²) in [4.78, 5) is 79.5. The first-order valence-electron chi connectivity index (χ1n) is 23.9. The number of benzene rings is 2. The van der Waals surface area contributed by atoms with E-state index in [0.29, 0.717) is 76.1 Å². The van der Waals surface area contributed by atoms with Gasteiger partial charge in [-0.1, -0.05) is 6.07 Å². The molecule has 2 aliphatic carbocycles. The molecule has 0 radical (unpaired) electrons. The highest BCUT2D eigenvalue weighted by molar-refractivity contribution is 6.23. The van der Waals surface area contributed by atoms with Gasteiger partial charge < -0.3 is 15.0 Å². The van der Waals surface area contributed by atoms with Crippen molar-refractivity contribution in [2.24, 2.45) is 5.92 Å². The van der Waals surface area contributed by atoms with E-state index in [1.807, 2.05) is 28.8 Å². The van der Waals surface area contributed by atoms with Crippen molar-refractivity contribution in [1.82, 2.24) is 40.0 Å². The van der Waals surface area contributed by atoms with E-state index in [-0.39, 0.29) is 71.7 Å². The normalized spacial score (nSPS) is 23.4. The second kappa shape index (κ2) is 18.3. The number of nitrogens with zero attached hydrogens (tertiary/aromatic N) is 6. The number of fused-ring (bicyclic) bond motifs is 3. The number of ether oxygens (including phenoxy) is 1. The van der Waals surface area contributed by atoms with Crippen LogP contribution in [0.1, 0.15) is 161 Å². The highest BCUT2D eigenvalue weighted by atomic mass is 19.3. The van der Waals surface area contributed by atoms with Gasteiger partial charge in [0, 0.05) is 93.0 Å². The maximum atomic E-state index is 15.2. The van der Waals surface area contributed by atoms with Gasteiger partial charge in [-0.3, -0.25) is 48.3 Å². The molecule has 4 aromatic rings. The monoisotopic (exact) mass is 918 g/mol. The van der Waals surface area contributed by atoms with Crippen LogP contribution in [-0.2, 0) is 49.8 Å². The maximum Gasteiger partial charge on any atom is 0.264 e. The summed E-state index contributed by atoms with van der Waals surface area (Å²) in [6, 6.07) is 6.11. The van der Waals surface area contributed by atoms with Gasteiger partial charge in [0.1, 0.15) is 11.8 Å². The fourth-order valence-electron chi connectivity index (χ4n) is 11.5. The van der Waals surface area contributed by atoms with E-state index >= 15 is 8.78 Å². The van der Waals surface area contributed by atoms with E-state index in [0.717, 1.165) is 76.2 Å². The number of hydrogen-bond donors (Lipinski definition) is 2. The number of piperidine rings is 1. The highest BCUT2D eigenvalue weighted by Crippen LogP contribution is 2.45. The van der Waals surface area contributed by atoms with Crippen molar-refractivity contribution in [2.45, 2.75) is 134 Å². The Labute approximate surface area is 386 Å². The lowest BCUT2D eigenvalue weighted by molar-refractivity contribution is -0.136. The topological polar surface area (TPSA) is 178 Å². The number of aromatic nitrogens is 4. The zero-order valence-electron chi connectivity index (χ0n) is 38.0. The van der Waals surface area contributed by atoms with Gasteiger partial charge in [0.2, 0.25) is 17.7 Å². The van der Waals surface area contributed by atoms with E-state index in [1.54, 1.807) is 31.3 Å². The molecule has 2 aromatic heterocycles. The minimum absolute atomic E-state index is 0.0170. The minimum Gasteiger partial charge on any atom is -0.381 e. The number of carbonyl (C=O) groups excluding carboxylic acids is 6. The first kappa shape index (κ1) is 44.9. The van der Waals surface area contributed by atoms with Gasteiger partial charge in [0.15, 0.2) is 0 Å². The molecule has 3 fully saturated rings. The van der Waals surface area contributed by atoms with E-state index in [4.69, 9.17) is 9.84 Å². The Morgan fingerprint density at radius 1 is 0.896 bits per heavy atom. The van der Waals surface area contributed by atoms with Gasteiger partial charge in [-0.2, -0.15) is 10.2 Å². The van der Waals surface area contributed by atoms with E-state index < -0.39 is 36.1 Å². The van der Waals surface area contributed by atoms with Crippen molar-refractivity contribution < 1.29 is 42.3 Å². The van der Waals surface area contributed by atoms with Crippen LogP contribution >= 0.6 is 0 Å². The number of aryl methyl sites for hydroxylation is 2. The van der Waals surface area contributed by atoms with Gasteiger partial charge in [-0.15, -0.1) is 0 Å². The number of ketones is 1. The average molecular weight is 919 g/mol. The van der Waals surface area contributed by atoms with Crippen LogP contribution in [0.4, 0.5) is 8.78 Å². The van der Waals surface area contributed by atoms with Crippen LogP contribution in [-0.4, -0.2) is 97.0 Å². The number of carbonyl (C=O) groups is 6. The van der Waals surface area contributed by atoms with Crippen LogP contribution in [0.2, 0.25) is 0 Å². The molecule has 67 heavy (non-hydrogen) atoms. The largest absolute Gasteiger partial charge is 0.381 e. The molecule has 6 heterocycles. The molecule has 6 aliphatic rings. The summed E-state index contributed by atoms with van der Waals surface area (Å²) >= 11 is 0. The Bertz CT molecular complexity index is 2680. The van der Waals surface area contributed by atoms with Crippen molar-refractivity contribution in [1.29, 1.82) is 0 Å². The van der Waals surface area contributed by atoms with Gasteiger partial charge in [-0.05, 0) is 117 Å². The molecule has 1 saturated carbocycles. The van der Waals surface area contributed by atoms with Crippen LogP contribution in [0, 0.1) is 12.8 Å². The van der Waals surface area contributed by atoms with Gasteiger partial charge in [-0.25, -0.2) is 8.78 Å². The lowest BCUT2D eigenvalue weighted by Crippen LogP contribution is -2.54. The highest BCUT2D eigenvalue weighted by Gasteiger charge is 2.45. The van der Waals surface area contributed by atoms with Crippen LogP contribution in [0.3, 0.4) is 0 Å². The molecule has 352 valence electrons. The van der Waals surface area contributed by atoms with Gasteiger partial charge >= 0.3 is 0 Å². The van der Waals surface area contributed by atoms with E-state index in [2.05, 4.69) is 20.4 Å². The number of Topliss-reactive ketones (excluding diaryl/α,β-unsaturated/α-hetero) is 1. The smallest absolute Gasteiger partial charge is 0.264 e. The predicted molar refractivity (Wildman–Crippen MR) is 239 cm³/mol. The predicted octanol–water partition coefficient (Wildman–Crippen LogP) is 6.21. The van der Waals surface area contributed by atoms with E-state index in [1.165, 1.54) is 0 Å². The van der Waals surface area contributed by atoms with Crippen LogP contribution in [0.5, 0.6) is 0 Å². The maximum absolute atomic E-state index is 15.2. The van der Waals surface area contributed by atoms with Crippen LogP contribution < -0.4 is 10.6 Å². The van der Waals surface area contributed by atoms with Gasteiger partial charge in [0.05, 0.1) is 41.6 Å². The molecule has 2 atom stereocenters. The molecule has 2 aromatic carbocycles. The van der Waals surface area contributed by atoms with E-state index in [9.17, 15) is 28.8 Å². The molecular weight excluding hydrogens is 863 g/mol. The summed E-state index contributed by atoms with van der Waals surface area (Å²) < 4.78 is 40.0.